The van der Waals surface area contributed by atoms with E-state index in [1.54, 1.807) is 0 Å². The SMILES string of the molecule is CCC[C@H](C)NC(=O)CSc1ccc2ccccc2n1. The van der Waals surface area contributed by atoms with E-state index >= 15 is 0 Å². The van der Waals surface area contributed by atoms with Crippen molar-refractivity contribution in [1.29, 1.82) is 0 Å². The molecular weight excluding hydrogens is 268 g/mol. The lowest BCUT2D eigenvalue weighted by molar-refractivity contribution is -0.119. The Bertz CT molecular complexity index is 585. The summed E-state index contributed by atoms with van der Waals surface area (Å²) >= 11 is 1.48. The molecule has 2 aromatic rings. The molecule has 0 saturated carbocycles. The Labute approximate surface area is 124 Å². The molecule has 20 heavy (non-hydrogen) atoms. The molecule has 0 radical (unpaired) electrons. The van der Waals surface area contributed by atoms with Crippen LogP contribution in [0.4, 0.5) is 0 Å². The number of rotatable bonds is 6. The minimum absolute atomic E-state index is 0.0749. The average molecular weight is 288 g/mol. The molecular formula is C16H20N2OS. The molecule has 1 aromatic carbocycles. The van der Waals surface area contributed by atoms with Crippen LogP contribution in [-0.2, 0) is 4.79 Å². The molecule has 2 rings (SSSR count). The van der Waals surface area contributed by atoms with Gasteiger partial charge in [0.25, 0.3) is 0 Å². The fraction of sp³-hybridized carbons (Fsp3) is 0.375. The van der Waals surface area contributed by atoms with Crippen LogP contribution < -0.4 is 5.32 Å². The van der Waals surface area contributed by atoms with E-state index in [4.69, 9.17) is 0 Å². The number of carbonyl (C=O) groups excluding carboxylic acids is 1. The number of fused-ring (bicyclic) bond motifs is 1. The summed E-state index contributed by atoms with van der Waals surface area (Å²) in [7, 11) is 0. The van der Waals surface area contributed by atoms with Crippen LogP contribution in [0, 0.1) is 0 Å². The van der Waals surface area contributed by atoms with Gasteiger partial charge in [0.1, 0.15) is 0 Å². The van der Waals surface area contributed by atoms with Gasteiger partial charge in [-0.05, 0) is 25.5 Å². The fourth-order valence-electron chi connectivity index (χ4n) is 2.09. The molecule has 0 bridgehead atoms. The van der Waals surface area contributed by atoms with E-state index in [9.17, 15) is 4.79 Å². The first-order chi connectivity index (χ1) is 9.69. The predicted octanol–water partition coefficient (Wildman–Crippen LogP) is 3.63. The second-order valence-corrected chi connectivity index (χ2v) is 5.88. The number of nitrogens with one attached hydrogen (secondary N) is 1. The summed E-state index contributed by atoms with van der Waals surface area (Å²) in [5.74, 6) is 0.491. The third-order valence-corrected chi connectivity index (χ3v) is 3.98. The van der Waals surface area contributed by atoms with Crippen LogP contribution in [0.1, 0.15) is 26.7 Å². The lowest BCUT2D eigenvalue weighted by Gasteiger charge is -2.12. The zero-order valence-electron chi connectivity index (χ0n) is 11.9. The molecule has 106 valence electrons. The Kier molecular flexibility index (Phi) is 5.41. The number of hydrogen-bond donors (Lipinski definition) is 1. The number of carbonyl (C=O) groups is 1. The van der Waals surface area contributed by atoms with Crippen molar-refractivity contribution in [2.24, 2.45) is 0 Å². The zero-order valence-corrected chi connectivity index (χ0v) is 12.7. The van der Waals surface area contributed by atoms with Crippen molar-refractivity contribution in [1.82, 2.24) is 10.3 Å². The molecule has 4 heteroatoms. The first kappa shape index (κ1) is 14.9. The lowest BCUT2D eigenvalue weighted by Crippen LogP contribution is -2.33. The van der Waals surface area contributed by atoms with E-state index in [2.05, 4.69) is 17.2 Å². The molecule has 0 saturated heterocycles. The number of nitrogens with zero attached hydrogens (tertiary/aromatic N) is 1. The normalized spacial score (nSPS) is 12.3. The second kappa shape index (κ2) is 7.29. The van der Waals surface area contributed by atoms with Crippen LogP contribution >= 0.6 is 11.8 Å². The highest BCUT2D eigenvalue weighted by molar-refractivity contribution is 7.99. The summed E-state index contributed by atoms with van der Waals surface area (Å²) in [6.07, 6.45) is 2.10. The summed E-state index contributed by atoms with van der Waals surface area (Å²) in [5, 5.41) is 5.01. The minimum atomic E-state index is 0.0749. The van der Waals surface area contributed by atoms with Crippen molar-refractivity contribution in [2.45, 2.75) is 37.8 Å². The summed E-state index contributed by atoms with van der Waals surface area (Å²) in [6, 6.07) is 12.3. The Morgan fingerprint density at radius 3 is 2.90 bits per heavy atom. The van der Waals surface area contributed by atoms with Gasteiger partial charge >= 0.3 is 0 Å². The summed E-state index contributed by atoms with van der Waals surface area (Å²) in [4.78, 5) is 16.4. The number of amides is 1. The number of hydrogen-bond acceptors (Lipinski definition) is 3. The van der Waals surface area contributed by atoms with Crippen LogP contribution in [0.25, 0.3) is 10.9 Å². The molecule has 0 fully saturated rings. The molecule has 1 amide bonds. The molecule has 3 nitrogen and oxygen atoms in total. The topological polar surface area (TPSA) is 42.0 Å². The Morgan fingerprint density at radius 2 is 2.10 bits per heavy atom. The molecule has 0 spiro atoms. The summed E-state index contributed by atoms with van der Waals surface area (Å²) in [6.45, 7) is 4.16. The minimum Gasteiger partial charge on any atom is -0.353 e. The maximum absolute atomic E-state index is 11.8. The van der Waals surface area contributed by atoms with E-state index in [0.717, 1.165) is 28.8 Å². The number of para-hydroxylation sites is 1. The lowest BCUT2D eigenvalue weighted by atomic mass is 10.2. The standard InChI is InChI=1S/C16H20N2OS/c1-3-6-12(2)17-15(19)11-20-16-10-9-13-7-4-5-8-14(13)18-16/h4-5,7-10,12H,3,6,11H2,1-2H3,(H,17,19)/t12-/m0/s1. The van der Waals surface area contributed by atoms with Gasteiger partial charge in [0.15, 0.2) is 0 Å². The van der Waals surface area contributed by atoms with E-state index < -0.39 is 0 Å². The van der Waals surface area contributed by atoms with E-state index in [1.807, 2.05) is 43.3 Å². The number of thioether (sulfide) groups is 1. The van der Waals surface area contributed by atoms with E-state index in [1.165, 1.54) is 11.8 Å². The number of pyridine rings is 1. The predicted molar refractivity (Wildman–Crippen MR) is 85.0 cm³/mol. The molecule has 1 heterocycles. The van der Waals surface area contributed by atoms with Crippen LogP contribution in [0.2, 0.25) is 0 Å². The van der Waals surface area contributed by atoms with Gasteiger partial charge in [-0.2, -0.15) is 0 Å². The average Bonchev–Trinajstić information content (AvgIpc) is 2.45. The second-order valence-electron chi connectivity index (χ2n) is 4.89. The largest absolute Gasteiger partial charge is 0.353 e. The number of benzene rings is 1. The highest BCUT2D eigenvalue weighted by Gasteiger charge is 2.07. The van der Waals surface area contributed by atoms with Gasteiger partial charge < -0.3 is 5.32 Å². The Balaban J connectivity index is 1.90. The molecule has 0 unspecified atom stereocenters. The van der Waals surface area contributed by atoms with Gasteiger partial charge in [-0.1, -0.05) is 49.4 Å². The van der Waals surface area contributed by atoms with Crippen molar-refractivity contribution >= 4 is 28.6 Å². The first-order valence-corrected chi connectivity index (χ1v) is 7.95. The van der Waals surface area contributed by atoms with Crippen LogP contribution in [0.15, 0.2) is 41.4 Å². The van der Waals surface area contributed by atoms with Crippen LogP contribution in [0.5, 0.6) is 0 Å². The fourth-order valence-corrected chi connectivity index (χ4v) is 2.78. The van der Waals surface area contributed by atoms with Gasteiger partial charge in [0.2, 0.25) is 5.91 Å². The van der Waals surface area contributed by atoms with Gasteiger partial charge in [-0.25, -0.2) is 4.98 Å². The third kappa shape index (κ3) is 4.23. The summed E-state index contributed by atoms with van der Waals surface area (Å²) in [5.41, 5.74) is 0.970. The van der Waals surface area contributed by atoms with Gasteiger partial charge in [-0.3, -0.25) is 4.79 Å². The molecule has 0 aliphatic carbocycles. The first-order valence-electron chi connectivity index (χ1n) is 6.97. The van der Waals surface area contributed by atoms with E-state index in [-0.39, 0.29) is 11.9 Å². The zero-order chi connectivity index (χ0) is 14.4. The van der Waals surface area contributed by atoms with Gasteiger partial charge in [0.05, 0.1) is 16.3 Å². The van der Waals surface area contributed by atoms with Crippen LogP contribution in [0.3, 0.4) is 0 Å². The quantitative estimate of drug-likeness (QED) is 0.825. The molecule has 1 atom stereocenters. The van der Waals surface area contributed by atoms with Crippen molar-refractivity contribution in [2.75, 3.05) is 5.75 Å². The molecule has 1 aromatic heterocycles. The highest BCUT2D eigenvalue weighted by atomic mass is 32.2. The Morgan fingerprint density at radius 1 is 1.30 bits per heavy atom. The smallest absolute Gasteiger partial charge is 0.230 e. The third-order valence-electron chi connectivity index (χ3n) is 3.05. The van der Waals surface area contributed by atoms with Gasteiger partial charge in [0, 0.05) is 11.4 Å². The van der Waals surface area contributed by atoms with Gasteiger partial charge in [-0.15, -0.1) is 0 Å². The monoisotopic (exact) mass is 288 g/mol. The maximum Gasteiger partial charge on any atom is 0.230 e. The molecule has 0 aliphatic heterocycles. The molecule has 0 aliphatic rings. The van der Waals surface area contributed by atoms with Crippen molar-refractivity contribution in [3.63, 3.8) is 0 Å². The van der Waals surface area contributed by atoms with Crippen LogP contribution in [-0.4, -0.2) is 22.7 Å². The molecule has 1 N–H and O–H groups in total. The number of aromatic nitrogens is 1. The summed E-state index contributed by atoms with van der Waals surface area (Å²) < 4.78 is 0. The van der Waals surface area contributed by atoms with Crippen molar-refractivity contribution < 1.29 is 4.79 Å². The van der Waals surface area contributed by atoms with E-state index in [0.29, 0.717) is 5.75 Å². The maximum atomic E-state index is 11.8. The Hall–Kier alpha value is -1.55. The van der Waals surface area contributed by atoms with Crippen molar-refractivity contribution in [3.05, 3.63) is 36.4 Å². The highest BCUT2D eigenvalue weighted by Crippen LogP contribution is 2.19. The van der Waals surface area contributed by atoms with Crippen molar-refractivity contribution in [3.8, 4) is 0 Å².